The normalized spacial score (nSPS) is 26.7. The number of rotatable bonds is 6. The maximum atomic E-state index is 12.8. The summed E-state index contributed by atoms with van der Waals surface area (Å²) in [5.41, 5.74) is 0.139. The summed E-state index contributed by atoms with van der Waals surface area (Å²) in [6, 6.07) is 0.334. The number of aliphatic hydroxyl groups is 1. The van der Waals surface area contributed by atoms with Gasteiger partial charge in [-0.25, -0.2) is 0 Å². The van der Waals surface area contributed by atoms with Crippen LogP contribution < -0.4 is 10.6 Å². The number of thiazole rings is 1. The number of carbonyl (C=O) groups excluding carboxylic acids is 2. The third-order valence-electron chi connectivity index (χ3n) is 6.61. The first-order valence-electron chi connectivity index (χ1n) is 11.0. The Labute approximate surface area is 193 Å². The van der Waals surface area contributed by atoms with E-state index in [-0.39, 0.29) is 36.9 Å². The topological polar surface area (TPSA) is 94.6 Å². The predicted octanol–water partition coefficient (Wildman–Crippen LogP) is 2.40. The molecule has 0 unspecified atom stereocenters. The average molecular weight is 485 g/mol. The van der Waals surface area contributed by atoms with E-state index < -0.39 is 23.3 Å². The van der Waals surface area contributed by atoms with Gasteiger partial charge in [0.1, 0.15) is 5.60 Å². The lowest BCUT2D eigenvalue weighted by Gasteiger charge is -2.48. The maximum absolute atomic E-state index is 12.8. The first-order chi connectivity index (χ1) is 15.6. The third kappa shape index (κ3) is 5.64. The quantitative estimate of drug-likeness (QED) is 0.577. The summed E-state index contributed by atoms with van der Waals surface area (Å²) in [7, 11) is 0. The molecule has 3 aliphatic rings. The molecule has 2 aliphatic carbocycles. The van der Waals surface area contributed by atoms with Crippen molar-refractivity contribution >= 4 is 23.2 Å². The minimum Gasteiger partial charge on any atom is -0.384 e. The van der Waals surface area contributed by atoms with Gasteiger partial charge in [0, 0.05) is 36.5 Å². The molecule has 0 bridgehead atoms. The molecule has 1 saturated carbocycles. The Morgan fingerprint density at radius 1 is 1.27 bits per heavy atom. The van der Waals surface area contributed by atoms with Crippen LogP contribution in [0.25, 0.3) is 0 Å². The lowest BCUT2D eigenvalue weighted by atomic mass is 9.80. The second kappa shape index (κ2) is 9.55. The van der Waals surface area contributed by atoms with Gasteiger partial charge in [0.15, 0.2) is 0 Å². The van der Waals surface area contributed by atoms with Gasteiger partial charge in [-0.15, -0.1) is 11.3 Å². The minimum atomic E-state index is -4.45. The molecule has 2 fully saturated rings. The van der Waals surface area contributed by atoms with E-state index in [1.54, 1.807) is 11.7 Å². The van der Waals surface area contributed by atoms with Gasteiger partial charge >= 0.3 is 6.18 Å². The lowest BCUT2D eigenvalue weighted by molar-refractivity contribution is -0.126. The van der Waals surface area contributed by atoms with Crippen LogP contribution in [0.4, 0.5) is 13.2 Å². The number of halogens is 3. The summed E-state index contributed by atoms with van der Waals surface area (Å²) in [5, 5.41) is 16.1. The Balaban J connectivity index is 1.16. The second-order valence-corrected chi connectivity index (χ2v) is 9.78. The number of allylic oxidation sites excluding steroid dienone is 2. The van der Waals surface area contributed by atoms with Crippen molar-refractivity contribution in [1.29, 1.82) is 0 Å². The fraction of sp³-hybridized carbons (Fsp3) is 0.591. The van der Waals surface area contributed by atoms with Gasteiger partial charge < -0.3 is 15.7 Å². The molecule has 0 atom stereocenters. The van der Waals surface area contributed by atoms with E-state index in [0.717, 1.165) is 23.8 Å². The monoisotopic (exact) mass is 484 g/mol. The molecule has 1 saturated heterocycles. The van der Waals surface area contributed by atoms with Crippen LogP contribution in [-0.4, -0.2) is 64.7 Å². The van der Waals surface area contributed by atoms with E-state index in [2.05, 4.69) is 20.5 Å². The highest BCUT2D eigenvalue weighted by molar-refractivity contribution is 7.09. The molecule has 1 aromatic heterocycles. The zero-order valence-electron chi connectivity index (χ0n) is 18.0. The molecule has 2 amide bonds. The van der Waals surface area contributed by atoms with E-state index in [1.165, 1.54) is 17.4 Å². The Hall–Kier alpha value is -2.24. The van der Waals surface area contributed by atoms with Crippen molar-refractivity contribution in [2.45, 2.75) is 62.4 Å². The molecule has 11 heteroatoms. The summed E-state index contributed by atoms with van der Waals surface area (Å²) in [5.74, 6) is -1.05. The van der Waals surface area contributed by atoms with Crippen LogP contribution in [0.1, 0.15) is 43.4 Å². The van der Waals surface area contributed by atoms with Gasteiger partial charge in [0.05, 0.1) is 23.0 Å². The van der Waals surface area contributed by atoms with Gasteiger partial charge in [-0.3, -0.25) is 19.5 Å². The number of nitrogens with zero attached hydrogens (tertiary/aromatic N) is 2. The summed E-state index contributed by atoms with van der Waals surface area (Å²) >= 11 is 1.47. The fourth-order valence-corrected chi connectivity index (χ4v) is 5.44. The van der Waals surface area contributed by atoms with E-state index in [1.807, 2.05) is 0 Å². The molecule has 180 valence electrons. The van der Waals surface area contributed by atoms with Gasteiger partial charge in [0.2, 0.25) is 5.91 Å². The Kier molecular flexibility index (Phi) is 6.92. The van der Waals surface area contributed by atoms with Crippen LogP contribution in [0.3, 0.4) is 0 Å². The van der Waals surface area contributed by atoms with Crippen LogP contribution in [0, 0.1) is 0 Å². The van der Waals surface area contributed by atoms with E-state index in [4.69, 9.17) is 0 Å². The highest BCUT2D eigenvalue weighted by Crippen LogP contribution is 2.40. The van der Waals surface area contributed by atoms with Gasteiger partial charge in [-0.05, 0) is 44.6 Å². The maximum Gasteiger partial charge on any atom is 0.412 e. The molecule has 7 nitrogen and oxygen atoms in total. The van der Waals surface area contributed by atoms with Crippen molar-refractivity contribution in [1.82, 2.24) is 20.5 Å². The first-order valence-corrected chi connectivity index (χ1v) is 11.9. The highest BCUT2D eigenvalue weighted by atomic mass is 32.1. The molecular weight excluding hydrogens is 457 g/mol. The van der Waals surface area contributed by atoms with Crippen molar-refractivity contribution < 1.29 is 27.9 Å². The molecule has 4 rings (SSSR count). The number of carbonyl (C=O) groups is 2. The van der Waals surface area contributed by atoms with E-state index in [0.29, 0.717) is 32.0 Å². The number of likely N-dealkylation sites (tertiary alicyclic amines) is 1. The van der Waals surface area contributed by atoms with Gasteiger partial charge in [-0.2, -0.15) is 13.2 Å². The number of aromatic nitrogens is 1. The minimum absolute atomic E-state index is 0.0256. The van der Waals surface area contributed by atoms with Crippen LogP contribution >= 0.6 is 11.3 Å². The molecule has 3 N–H and O–H groups in total. The highest BCUT2D eigenvalue weighted by Gasteiger charge is 2.41. The van der Waals surface area contributed by atoms with Crippen molar-refractivity contribution in [3.05, 3.63) is 39.9 Å². The van der Waals surface area contributed by atoms with Gasteiger partial charge in [-0.1, -0.05) is 6.08 Å². The van der Waals surface area contributed by atoms with Crippen molar-refractivity contribution in [2.24, 2.45) is 0 Å². The van der Waals surface area contributed by atoms with Crippen LogP contribution in [-0.2, 0) is 15.2 Å². The SMILES string of the molecule is O=C(CNC(=O)C1=CCCC(C(F)(F)F)=C1)NC1CN(C2CCC(O)(c3cncs3)CC2)C1. The molecule has 2 heterocycles. The Morgan fingerprint density at radius 3 is 2.64 bits per heavy atom. The number of nitrogens with one attached hydrogen (secondary N) is 2. The predicted molar refractivity (Wildman–Crippen MR) is 116 cm³/mol. The van der Waals surface area contributed by atoms with Crippen molar-refractivity contribution in [3.8, 4) is 0 Å². The Morgan fingerprint density at radius 2 is 2.00 bits per heavy atom. The number of hydrogen-bond acceptors (Lipinski definition) is 6. The number of amides is 2. The molecule has 0 aromatic carbocycles. The zero-order valence-corrected chi connectivity index (χ0v) is 18.8. The Bertz CT molecular complexity index is 931. The second-order valence-electron chi connectivity index (χ2n) is 8.89. The smallest absolute Gasteiger partial charge is 0.384 e. The van der Waals surface area contributed by atoms with Crippen molar-refractivity contribution in [2.75, 3.05) is 19.6 Å². The molecule has 0 spiro atoms. The van der Waals surface area contributed by atoms with E-state index in [9.17, 15) is 27.9 Å². The van der Waals surface area contributed by atoms with Crippen molar-refractivity contribution in [3.63, 3.8) is 0 Å². The summed E-state index contributed by atoms with van der Waals surface area (Å²) in [6.07, 6.45) is 2.67. The fourth-order valence-electron chi connectivity index (χ4n) is 4.66. The molecular formula is C22H27F3N4O3S. The zero-order chi connectivity index (χ0) is 23.6. The molecule has 1 aromatic rings. The molecule has 33 heavy (non-hydrogen) atoms. The van der Waals surface area contributed by atoms with Crippen LogP contribution in [0.2, 0.25) is 0 Å². The standard InChI is InChI=1S/C22H27F3N4O3S/c23-22(24,25)15-3-1-2-14(8-15)20(31)27-10-19(30)28-16-11-29(12-16)17-4-6-21(32,7-5-17)18-9-26-13-33-18/h2,8-9,13,16-17,32H,1,3-7,10-12H2,(H,27,31)(H,28,30). The van der Waals surface area contributed by atoms with Crippen LogP contribution in [0.5, 0.6) is 0 Å². The number of alkyl halides is 3. The van der Waals surface area contributed by atoms with E-state index >= 15 is 0 Å². The first kappa shape index (κ1) is 23.9. The third-order valence-corrected chi connectivity index (χ3v) is 7.57. The van der Waals surface area contributed by atoms with Gasteiger partial charge in [0.25, 0.3) is 5.91 Å². The molecule has 0 radical (unpaired) electrons. The summed E-state index contributed by atoms with van der Waals surface area (Å²) in [4.78, 5) is 31.5. The molecule has 1 aliphatic heterocycles. The number of hydrogen-bond donors (Lipinski definition) is 3. The summed E-state index contributed by atoms with van der Waals surface area (Å²) in [6.45, 7) is 1.12. The average Bonchev–Trinajstić information content (AvgIpc) is 3.31. The largest absolute Gasteiger partial charge is 0.412 e. The summed E-state index contributed by atoms with van der Waals surface area (Å²) < 4.78 is 38.5. The van der Waals surface area contributed by atoms with Crippen LogP contribution in [0.15, 0.2) is 35.0 Å². The lowest BCUT2D eigenvalue weighted by Crippen LogP contribution is -2.63.